The lowest BCUT2D eigenvalue weighted by Gasteiger charge is -2.07. The van der Waals surface area contributed by atoms with Crippen LogP contribution >= 0.6 is 15.9 Å². The van der Waals surface area contributed by atoms with Gasteiger partial charge >= 0.3 is 0 Å². The fourth-order valence-electron chi connectivity index (χ4n) is 1.77. The van der Waals surface area contributed by atoms with E-state index in [2.05, 4.69) is 54.7 Å². The number of aromatic nitrogens is 2. The Kier molecular flexibility index (Phi) is 5.30. The Bertz CT molecular complexity index is 530. The highest BCUT2D eigenvalue weighted by Gasteiger charge is 1.99. The van der Waals surface area contributed by atoms with Crippen LogP contribution in [0.1, 0.15) is 11.4 Å². The number of nitrogens with zero attached hydrogens (tertiary/aromatic N) is 2. The highest BCUT2D eigenvalue weighted by atomic mass is 79.9. The van der Waals surface area contributed by atoms with Crippen LogP contribution in [0.25, 0.3) is 0 Å². The number of hydrogen-bond donors (Lipinski definition) is 2. The standard InChI is InChI=1S/C14H17BrN4/c1-16-10-14-18-8-6-13(19-14)17-7-5-11-3-2-4-12(15)9-11/h2-4,6,8-9,16H,5,7,10H2,1H3,(H,17,18,19). The average molecular weight is 321 g/mol. The Hall–Kier alpha value is -1.46. The molecule has 0 fully saturated rings. The molecule has 0 amide bonds. The van der Waals surface area contributed by atoms with E-state index in [4.69, 9.17) is 0 Å². The zero-order valence-corrected chi connectivity index (χ0v) is 12.4. The summed E-state index contributed by atoms with van der Waals surface area (Å²) in [7, 11) is 1.89. The fraction of sp³-hybridized carbons (Fsp3) is 0.286. The van der Waals surface area contributed by atoms with Crippen molar-refractivity contribution in [2.75, 3.05) is 18.9 Å². The summed E-state index contributed by atoms with van der Waals surface area (Å²) in [5, 5.41) is 6.36. The molecule has 2 rings (SSSR count). The molecule has 0 atom stereocenters. The first-order chi connectivity index (χ1) is 9.28. The molecular weight excluding hydrogens is 304 g/mol. The van der Waals surface area contributed by atoms with Gasteiger partial charge in [0, 0.05) is 17.2 Å². The van der Waals surface area contributed by atoms with Gasteiger partial charge in [-0.1, -0.05) is 28.1 Å². The first kappa shape index (κ1) is 14.0. The monoisotopic (exact) mass is 320 g/mol. The number of benzene rings is 1. The lowest BCUT2D eigenvalue weighted by molar-refractivity contribution is 0.758. The van der Waals surface area contributed by atoms with Crippen LogP contribution in [0.2, 0.25) is 0 Å². The zero-order valence-electron chi connectivity index (χ0n) is 10.9. The molecule has 1 aromatic heterocycles. The zero-order chi connectivity index (χ0) is 13.5. The number of hydrogen-bond acceptors (Lipinski definition) is 4. The van der Waals surface area contributed by atoms with Crippen molar-refractivity contribution in [2.24, 2.45) is 0 Å². The van der Waals surface area contributed by atoms with Gasteiger partial charge in [0.15, 0.2) is 0 Å². The third kappa shape index (κ3) is 4.61. The second kappa shape index (κ2) is 7.21. The summed E-state index contributed by atoms with van der Waals surface area (Å²) in [5.74, 6) is 1.67. The number of rotatable bonds is 6. The van der Waals surface area contributed by atoms with Gasteiger partial charge in [-0.05, 0) is 37.2 Å². The fourth-order valence-corrected chi connectivity index (χ4v) is 2.21. The van der Waals surface area contributed by atoms with Crippen molar-refractivity contribution in [2.45, 2.75) is 13.0 Å². The summed E-state index contributed by atoms with van der Waals surface area (Å²) in [6.45, 7) is 1.54. The predicted octanol–water partition coefficient (Wildman–Crippen LogP) is 2.61. The molecule has 100 valence electrons. The molecule has 2 N–H and O–H groups in total. The van der Waals surface area contributed by atoms with Gasteiger partial charge in [-0.3, -0.25) is 0 Å². The summed E-state index contributed by atoms with van der Waals surface area (Å²) < 4.78 is 1.11. The Morgan fingerprint density at radius 3 is 2.95 bits per heavy atom. The van der Waals surface area contributed by atoms with Gasteiger partial charge in [-0.25, -0.2) is 9.97 Å². The molecule has 0 aliphatic carbocycles. The van der Waals surface area contributed by atoms with E-state index < -0.39 is 0 Å². The Labute approximate surface area is 121 Å². The molecule has 5 heteroatoms. The van der Waals surface area contributed by atoms with Crippen LogP contribution in [-0.4, -0.2) is 23.6 Å². The van der Waals surface area contributed by atoms with E-state index in [9.17, 15) is 0 Å². The van der Waals surface area contributed by atoms with Crippen LogP contribution in [0.3, 0.4) is 0 Å². The maximum absolute atomic E-state index is 4.42. The Morgan fingerprint density at radius 1 is 1.26 bits per heavy atom. The summed E-state index contributed by atoms with van der Waals surface area (Å²) in [5.41, 5.74) is 1.30. The molecule has 0 spiro atoms. The van der Waals surface area contributed by atoms with Gasteiger partial charge in [0.05, 0.1) is 6.54 Å². The summed E-state index contributed by atoms with van der Waals surface area (Å²) >= 11 is 3.48. The molecule has 0 saturated carbocycles. The van der Waals surface area contributed by atoms with Crippen LogP contribution in [0, 0.1) is 0 Å². The predicted molar refractivity (Wildman–Crippen MR) is 81.1 cm³/mol. The van der Waals surface area contributed by atoms with E-state index in [1.54, 1.807) is 6.20 Å². The lowest BCUT2D eigenvalue weighted by Crippen LogP contribution is -2.11. The largest absolute Gasteiger partial charge is 0.370 e. The third-order valence-electron chi connectivity index (χ3n) is 2.65. The van der Waals surface area contributed by atoms with Crippen molar-refractivity contribution in [1.82, 2.24) is 15.3 Å². The smallest absolute Gasteiger partial charge is 0.144 e. The lowest BCUT2D eigenvalue weighted by atomic mass is 10.1. The topological polar surface area (TPSA) is 49.8 Å². The van der Waals surface area contributed by atoms with Crippen LogP contribution in [0.4, 0.5) is 5.82 Å². The van der Waals surface area contributed by atoms with Gasteiger partial charge in [0.1, 0.15) is 11.6 Å². The second-order valence-corrected chi connectivity index (χ2v) is 5.11. The molecular formula is C14H17BrN4. The van der Waals surface area contributed by atoms with Crippen LogP contribution in [-0.2, 0) is 13.0 Å². The molecule has 0 aliphatic rings. The van der Waals surface area contributed by atoms with Gasteiger partial charge in [-0.15, -0.1) is 0 Å². The number of nitrogens with one attached hydrogen (secondary N) is 2. The maximum Gasteiger partial charge on any atom is 0.144 e. The van der Waals surface area contributed by atoms with E-state index in [-0.39, 0.29) is 0 Å². The van der Waals surface area contributed by atoms with Crippen molar-refractivity contribution >= 4 is 21.7 Å². The second-order valence-electron chi connectivity index (χ2n) is 4.20. The number of halogens is 1. The maximum atomic E-state index is 4.42. The van der Waals surface area contributed by atoms with Crippen LogP contribution < -0.4 is 10.6 Å². The normalized spacial score (nSPS) is 10.4. The summed E-state index contributed by atoms with van der Waals surface area (Å²) in [4.78, 5) is 8.60. The van der Waals surface area contributed by atoms with Crippen molar-refractivity contribution in [3.63, 3.8) is 0 Å². The molecule has 1 aromatic carbocycles. The number of anilines is 1. The molecule has 0 saturated heterocycles. The third-order valence-corrected chi connectivity index (χ3v) is 3.14. The highest BCUT2D eigenvalue weighted by Crippen LogP contribution is 2.12. The first-order valence-corrected chi connectivity index (χ1v) is 7.02. The molecule has 0 aliphatic heterocycles. The van der Waals surface area contributed by atoms with E-state index in [0.717, 1.165) is 29.1 Å². The van der Waals surface area contributed by atoms with Crippen LogP contribution in [0.5, 0.6) is 0 Å². The van der Waals surface area contributed by atoms with Crippen molar-refractivity contribution in [3.05, 3.63) is 52.4 Å². The molecule has 4 nitrogen and oxygen atoms in total. The van der Waals surface area contributed by atoms with Gasteiger partial charge in [-0.2, -0.15) is 0 Å². The summed E-state index contributed by atoms with van der Waals surface area (Å²) in [6, 6.07) is 10.2. The summed E-state index contributed by atoms with van der Waals surface area (Å²) in [6.07, 6.45) is 2.74. The van der Waals surface area contributed by atoms with Gasteiger partial charge in [0.2, 0.25) is 0 Å². The van der Waals surface area contributed by atoms with E-state index >= 15 is 0 Å². The van der Waals surface area contributed by atoms with Crippen LogP contribution in [0.15, 0.2) is 41.0 Å². The highest BCUT2D eigenvalue weighted by molar-refractivity contribution is 9.10. The Morgan fingerprint density at radius 2 is 2.16 bits per heavy atom. The molecule has 19 heavy (non-hydrogen) atoms. The van der Waals surface area contributed by atoms with Gasteiger partial charge < -0.3 is 10.6 Å². The molecule has 0 unspecified atom stereocenters. The minimum Gasteiger partial charge on any atom is -0.370 e. The average Bonchev–Trinajstić information content (AvgIpc) is 2.40. The van der Waals surface area contributed by atoms with Crippen molar-refractivity contribution in [3.8, 4) is 0 Å². The molecule has 0 bridgehead atoms. The molecule has 2 aromatic rings. The molecule has 0 radical (unpaired) electrons. The minimum atomic E-state index is 0.682. The van der Waals surface area contributed by atoms with E-state index in [1.165, 1.54) is 5.56 Å². The van der Waals surface area contributed by atoms with E-state index in [1.807, 2.05) is 19.2 Å². The van der Waals surface area contributed by atoms with Gasteiger partial charge in [0.25, 0.3) is 0 Å². The van der Waals surface area contributed by atoms with Crippen molar-refractivity contribution < 1.29 is 0 Å². The molecule has 1 heterocycles. The SMILES string of the molecule is CNCc1nccc(NCCc2cccc(Br)c2)n1. The quantitative estimate of drug-likeness (QED) is 0.859. The van der Waals surface area contributed by atoms with E-state index in [0.29, 0.717) is 6.54 Å². The first-order valence-electron chi connectivity index (χ1n) is 6.23. The Balaban J connectivity index is 1.87. The van der Waals surface area contributed by atoms with Crippen molar-refractivity contribution in [1.29, 1.82) is 0 Å². The minimum absolute atomic E-state index is 0.682.